The number of hydrogen-bond donors (Lipinski definition) is 1. The Labute approximate surface area is 99.5 Å². The Hall–Kier alpha value is -1.75. The molecule has 0 amide bonds. The molecule has 4 nitrogen and oxygen atoms in total. The molecule has 5 heteroatoms. The molecule has 1 heterocycles. The van der Waals surface area contributed by atoms with Gasteiger partial charge in [0.05, 0.1) is 11.9 Å². The normalized spacial score (nSPS) is 10.8. The Morgan fingerprint density at radius 3 is 2.94 bits per heavy atom. The van der Waals surface area contributed by atoms with Crippen molar-refractivity contribution < 1.29 is 4.39 Å². The quantitative estimate of drug-likeness (QED) is 0.877. The Bertz CT molecular complexity index is 487. The van der Waals surface area contributed by atoms with Crippen LogP contribution < -0.4 is 5.32 Å². The summed E-state index contributed by atoms with van der Waals surface area (Å²) in [4.78, 5) is 0. The van der Waals surface area contributed by atoms with Gasteiger partial charge in [0.25, 0.3) is 0 Å². The molecule has 0 unspecified atom stereocenters. The van der Waals surface area contributed by atoms with Gasteiger partial charge >= 0.3 is 0 Å². The molecule has 0 bridgehead atoms. The summed E-state index contributed by atoms with van der Waals surface area (Å²) in [7, 11) is 0. The summed E-state index contributed by atoms with van der Waals surface area (Å²) in [6.07, 6.45) is 1.65. The molecule has 0 radical (unpaired) electrons. The van der Waals surface area contributed by atoms with Gasteiger partial charge in [-0.3, -0.25) is 0 Å². The first-order valence-corrected chi connectivity index (χ1v) is 5.59. The van der Waals surface area contributed by atoms with Gasteiger partial charge in [0.1, 0.15) is 11.5 Å². The molecule has 0 fully saturated rings. The smallest absolute Gasteiger partial charge is 0.149 e. The molecule has 0 saturated carbocycles. The van der Waals surface area contributed by atoms with E-state index in [1.807, 2.05) is 19.9 Å². The zero-order valence-corrected chi connectivity index (χ0v) is 9.94. The van der Waals surface area contributed by atoms with Crippen LogP contribution >= 0.6 is 0 Å². The van der Waals surface area contributed by atoms with Crippen LogP contribution in [0.5, 0.6) is 0 Å². The summed E-state index contributed by atoms with van der Waals surface area (Å²) in [5, 5.41) is 11.0. The van der Waals surface area contributed by atoms with E-state index in [1.54, 1.807) is 16.9 Å². The lowest BCUT2D eigenvalue weighted by molar-refractivity contribution is 0.593. The molecule has 1 aromatic heterocycles. The van der Waals surface area contributed by atoms with Gasteiger partial charge in [0, 0.05) is 6.54 Å². The highest BCUT2D eigenvalue weighted by molar-refractivity contribution is 5.41. The van der Waals surface area contributed by atoms with Gasteiger partial charge in [-0.2, -0.15) is 0 Å². The van der Waals surface area contributed by atoms with Gasteiger partial charge in [-0.25, -0.2) is 9.07 Å². The highest BCUT2D eigenvalue weighted by Gasteiger charge is 2.12. The molecule has 17 heavy (non-hydrogen) atoms. The van der Waals surface area contributed by atoms with Gasteiger partial charge in [0.15, 0.2) is 0 Å². The van der Waals surface area contributed by atoms with Crippen LogP contribution in [0.4, 0.5) is 4.39 Å². The van der Waals surface area contributed by atoms with Gasteiger partial charge in [-0.05, 0) is 25.1 Å². The number of aromatic nitrogens is 3. The predicted octanol–water partition coefficient (Wildman–Crippen LogP) is 1.82. The number of hydrogen-bond acceptors (Lipinski definition) is 3. The van der Waals surface area contributed by atoms with Gasteiger partial charge in [-0.15, -0.1) is 5.10 Å². The fraction of sp³-hybridized carbons (Fsp3) is 0.333. The minimum Gasteiger partial charge on any atom is -0.311 e. The average Bonchev–Trinajstić information content (AvgIpc) is 2.74. The zero-order chi connectivity index (χ0) is 12.3. The molecule has 2 rings (SSSR count). The van der Waals surface area contributed by atoms with Crippen LogP contribution in [0.15, 0.2) is 24.4 Å². The van der Waals surface area contributed by atoms with Gasteiger partial charge in [0.2, 0.25) is 0 Å². The molecule has 0 saturated heterocycles. The maximum Gasteiger partial charge on any atom is 0.149 e. The van der Waals surface area contributed by atoms with E-state index < -0.39 is 0 Å². The topological polar surface area (TPSA) is 42.7 Å². The molecule has 0 aliphatic heterocycles. The summed E-state index contributed by atoms with van der Waals surface area (Å²) in [6.45, 7) is 5.35. The van der Waals surface area contributed by atoms with Crippen molar-refractivity contribution in [1.29, 1.82) is 0 Å². The van der Waals surface area contributed by atoms with E-state index in [4.69, 9.17) is 0 Å². The van der Waals surface area contributed by atoms with Crippen LogP contribution in [-0.4, -0.2) is 21.5 Å². The third-order valence-corrected chi connectivity index (χ3v) is 2.58. The van der Waals surface area contributed by atoms with Gasteiger partial charge in [-0.1, -0.05) is 24.3 Å². The van der Waals surface area contributed by atoms with Crippen molar-refractivity contribution in [3.8, 4) is 5.69 Å². The lowest BCUT2D eigenvalue weighted by Gasteiger charge is -2.10. The maximum absolute atomic E-state index is 13.8. The average molecular weight is 234 g/mol. The van der Waals surface area contributed by atoms with E-state index in [0.29, 0.717) is 12.2 Å². The first kappa shape index (κ1) is 11.7. The van der Waals surface area contributed by atoms with Crippen LogP contribution in [0.1, 0.15) is 18.2 Å². The Kier molecular flexibility index (Phi) is 3.49. The van der Waals surface area contributed by atoms with Crippen LogP contribution in [0, 0.1) is 12.7 Å². The summed E-state index contributed by atoms with van der Waals surface area (Å²) in [5.41, 5.74) is 2.16. The molecule has 90 valence electrons. The van der Waals surface area contributed by atoms with Crippen LogP contribution in [-0.2, 0) is 6.54 Å². The first-order chi connectivity index (χ1) is 8.24. The highest BCUT2D eigenvalue weighted by Crippen LogP contribution is 2.18. The van der Waals surface area contributed by atoms with Crippen molar-refractivity contribution in [2.45, 2.75) is 20.4 Å². The summed E-state index contributed by atoms with van der Waals surface area (Å²) >= 11 is 0. The number of para-hydroxylation sites is 1. The second-order valence-corrected chi connectivity index (χ2v) is 3.82. The molecule has 0 aliphatic rings. The van der Waals surface area contributed by atoms with Crippen molar-refractivity contribution in [1.82, 2.24) is 20.3 Å². The van der Waals surface area contributed by atoms with E-state index in [0.717, 1.165) is 17.8 Å². The number of benzene rings is 1. The van der Waals surface area contributed by atoms with Crippen molar-refractivity contribution in [3.63, 3.8) is 0 Å². The second-order valence-electron chi connectivity index (χ2n) is 3.82. The third-order valence-electron chi connectivity index (χ3n) is 2.58. The fourth-order valence-electron chi connectivity index (χ4n) is 1.71. The predicted molar refractivity (Wildman–Crippen MR) is 63.4 cm³/mol. The number of halogens is 1. The summed E-state index contributed by atoms with van der Waals surface area (Å²) in [6, 6.07) is 4.98. The highest BCUT2D eigenvalue weighted by atomic mass is 19.1. The molecule has 1 aromatic carbocycles. The van der Waals surface area contributed by atoms with Crippen LogP contribution in [0.25, 0.3) is 5.69 Å². The number of nitrogens with zero attached hydrogens (tertiary/aromatic N) is 3. The van der Waals surface area contributed by atoms with E-state index >= 15 is 0 Å². The third kappa shape index (κ3) is 2.34. The summed E-state index contributed by atoms with van der Waals surface area (Å²) in [5.74, 6) is -0.284. The molecular formula is C12H15FN4. The van der Waals surface area contributed by atoms with E-state index in [1.165, 1.54) is 6.07 Å². The van der Waals surface area contributed by atoms with E-state index in [2.05, 4.69) is 15.6 Å². The van der Waals surface area contributed by atoms with Crippen LogP contribution in [0.2, 0.25) is 0 Å². The van der Waals surface area contributed by atoms with E-state index in [-0.39, 0.29) is 5.82 Å². The van der Waals surface area contributed by atoms with Crippen LogP contribution in [0.3, 0.4) is 0 Å². The molecule has 0 spiro atoms. The maximum atomic E-state index is 13.8. The number of nitrogens with one attached hydrogen (secondary N) is 1. The molecule has 0 atom stereocenters. The molecular weight excluding hydrogens is 219 g/mol. The van der Waals surface area contributed by atoms with E-state index in [9.17, 15) is 4.39 Å². The van der Waals surface area contributed by atoms with Crippen molar-refractivity contribution in [2.75, 3.05) is 6.54 Å². The molecule has 2 aromatic rings. The largest absolute Gasteiger partial charge is 0.311 e. The second kappa shape index (κ2) is 5.05. The zero-order valence-electron chi connectivity index (χ0n) is 9.94. The Balaban J connectivity index is 2.43. The van der Waals surface area contributed by atoms with Gasteiger partial charge < -0.3 is 5.32 Å². The molecule has 0 aliphatic carbocycles. The lowest BCUT2D eigenvalue weighted by Crippen LogP contribution is -2.16. The number of aryl methyl sites for hydroxylation is 1. The Morgan fingerprint density at radius 1 is 1.41 bits per heavy atom. The Morgan fingerprint density at radius 2 is 2.24 bits per heavy atom. The lowest BCUT2D eigenvalue weighted by atomic mass is 10.2. The van der Waals surface area contributed by atoms with Crippen molar-refractivity contribution in [2.24, 2.45) is 0 Å². The minimum absolute atomic E-state index is 0.284. The molecule has 1 N–H and O–H groups in total. The monoisotopic (exact) mass is 234 g/mol. The summed E-state index contributed by atoms with van der Waals surface area (Å²) < 4.78 is 15.4. The number of rotatable bonds is 4. The van der Waals surface area contributed by atoms with Crippen molar-refractivity contribution in [3.05, 3.63) is 41.5 Å². The van der Waals surface area contributed by atoms with Crippen molar-refractivity contribution >= 4 is 0 Å². The minimum atomic E-state index is -0.284. The SMILES string of the molecule is CCNCc1cnnn1-c1c(C)cccc1F. The standard InChI is InChI=1S/C12H15FN4/c1-3-14-7-10-8-15-16-17(10)12-9(2)5-4-6-11(12)13/h4-6,8,14H,3,7H2,1-2H3. The fourth-order valence-corrected chi connectivity index (χ4v) is 1.71. The first-order valence-electron chi connectivity index (χ1n) is 5.59.